The molecule has 0 radical (unpaired) electrons. The Balaban J connectivity index is 1.96. The van der Waals surface area contributed by atoms with E-state index in [1.807, 2.05) is 30.3 Å². The molecule has 1 aromatic carbocycles. The predicted molar refractivity (Wildman–Crippen MR) is 74.6 cm³/mol. The van der Waals surface area contributed by atoms with Gasteiger partial charge in [-0.25, -0.2) is 0 Å². The van der Waals surface area contributed by atoms with Crippen molar-refractivity contribution in [1.82, 2.24) is 10.2 Å². The molecule has 18 heavy (non-hydrogen) atoms. The van der Waals surface area contributed by atoms with E-state index < -0.39 is 5.60 Å². The van der Waals surface area contributed by atoms with Gasteiger partial charge in [0.25, 0.3) is 0 Å². The third-order valence-corrected chi connectivity index (χ3v) is 4.59. The second-order valence-electron chi connectivity index (χ2n) is 3.90. The Morgan fingerprint density at radius 1 is 1.33 bits per heavy atom. The van der Waals surface area contributed by atoms with Crippen LogP contribution in [-0.2, 0) is 5.60 Å². The molecule has 0 saturated carbocycles. The molecule has 0 fully saturated rings. The van der Waals surface area contributed by atoms with E-state index in [1.54, 1.807) is 17.3 Å². The molecule has 1 unspecified atom stereocenters. The number of hydrogen-bond acceptors (Lipinski definition) is 6. The summed E-state index contributed by atoms with van der Waals surface area (Å²) in [6.07, 6.45) is 0.595. The molecule has 0 aliphatic carbocycles. The fraction of sp³-hybridized carbons (Fsp3) is 0.333. The Morgan fingerprint density at radius 2 is 2.11 bits per heavy atom. The second-order valence-corrected chi connectivity index (χ2v) is 6.08. The molecule has 6 heteroatoms. The van der Waals surface area contributed by atoms with Gasteiger partial charge in [-0.3, -0.25) is 0 Å². The van der Waals surface area contributed by atoms with Crippen LogP contribution in [0.3, 0.4) is 0 Å². The molecule has 1 aromatic heterocycles. The van der Waals surface area contributed by atoms with Gasteiger partial charge in [0, 0.05) is 12.3 Å². The number of benzene rings is 1. The lowest BCUT2D eigenvalue weighted by Crippen LogP contribution is -2.35. The number of nitrogens with two attached hydrogens (primary N) is 1. The lowest BCUT2D eigenvalue weighted by atomic mass is 9.91. The summed E-state index contributed by atoms with van der Waals surface area (Å²) >= 11 is 3.10. The summed E-state index contributed by atoms with van der Waals surface area (Å²) in [6.45, 7) is 0.216. The largest absolute Gasteiger partial charge is 0.384 e. The van der Waals surface area contributed by atoms with Gasteiger partial charge in [0.15, 0.2) is 4.34 Å². The Hall–Kier alpha value is -0.950. The maximum absolute atomic E-state index is 10.5. The number of thioether (sulfide) groups is 1. The quantitative estimate of drug-likeness (QED) is 0.791. The molecular weight excluding hydrogens is 266 g/mol. The van der Waals surface area contributed by atoms with Crippen molar-refractivity contribution >= 4 is 23.1 Å². The molecule has 0 aliphatic heterocycles. The third kappa shape index (κ3) is 3.29. The molecule has 0 saturated heterocycles. The van der Waals surface area contributed by atoms with Crippen LogP contribution in [0.5, 0.6) is 0 Å². The highest BCUT2D eigenvalue weighted by atomic mass is 32.2. The summed E-state index contributed by atoms with van der Waals surface area (Å²) in [4.78, 5) is 0. The van der Waals surface area contributed by atoms with Gasteiger partial charge in [-0.05, 0) is 12.0 Å². The van der Waals surface area contributed by atoms with Crippen LogP contribution in [0.1, 0.15) is 12.0 Å². The number of aliphatic hydroxyl groups is 1. The number of rotatable bonds is 6. The topological polar surface area (TPSA) is 72.0 Å². The number of nitrogens with zero attached hydrogens (tertiary/aromatic N) is 2. The fourth-order valence-electron chi connectivity index (χ4n) is 1.65. The standard InChI is InChI=1S/C12H15N3OS2/c13-8-12(16,10-4-2-1-3-5-10)6-7-17-11-15-14-9-18-11/h1-5,9,16H,6-8,13H2. The van der Waals surface area contributed by atoms with Gasteiger partial charge in [-0.1, -0.05) is 53.4 Å². The summed E-state index contributed by atoms with van der Waals surface area (Å²) in [5.74, 6) is 0.762. The van der Waals surface area contributed by atoms with Crippen LogP contribution in [0.4, 0.5) is 0 Å². The van der Waals surface area contributed by atoms with E-state index in [9.17, 15) is 5.11 Å². The molecule has 2 rings (SSSR count). The van der Waals surface area contributed by atoms with Crippen LogP contribution < -0.4 is 5.73 Å². The van der Waals surface area contributed by atoms with Gasteiger partial charge < -0.3 is 10.8 Å². The van der Waals surface area contributed by atoms with Gasteiger partial charge in [0.2, 0.25) is 0 Å². The molecule has 3 N–H and O–H groups in total. The first-order valence-corrected chi connectivity index (χ1v) is 7.48. The maximum Gasteiger partial charge on any atom is 0.174 e. The van der Waals surface area contributed by atoms with Gasteiger partial charge in [0.1, 0.15) is 11.1 Å². The van der Waals surface area contributed by atoms with Crippen LogP contribution in [0.2, 0.25) is 0 Å². The minimum Gasteiger partial charge on any atom is -0.384 e. The van der Waals surface area contributed by atoms with E-state index >= 15 is 0 Å². The Labute approximate surface area is 114 Å². The van der Waals surface area contributed by atoms with Crippen molar-refractivity contribution in [2.24, 2.45) is 5.73 Å². The van der Waals surface area contributed by atoms with Crippen molar-refractivity contribution in [2.45, 2.75) is 16.4 Å². The smallest absolute Gasteiger partial charge is 0.174 e. The van der Waals surface area contributed by atoms with Crippen LogP contribution in [0.15, 0.2) is 40.2 Å². The van der Waals surface area contributed by atoms with Gasteiger partial charge >= 0.3 is 0 Å². The van der Waals surface area contributed by atoms with Crippen molar-refractivity contribution < 1.29 is 5.11 Å². The van der Waals surface area contributed by atoms with Crippen molar-refractivity contribution in [3.05, 3.63) is 41.4 Å². The highest BCUT2D eigenvalue weighted by Crippen LogP contribution is 2.28. The van der Waals surface area contributed by atoms with Crippen LogP contribution in [-0.4, -0.2) is 27.6 Å². The second kappa shape index (κ2) is 6.29. The Kier molecular flexibility index (Phi) is 4.71. The number of aromatic nitrogens is 2. The molecule has 1 atom stereocenters. The molecule has 0 spiro atoms. The van der Waals surface area contributed by atoms with Gasteiger partial charge in [-0.15, -0.1) is 10.2 Å². The average molecular weight is 281 g/mol. The van der Waals surface area contributed by atoms with Crippen molar-refractivity contribution in [2.75, 3.05) is 12.3 Å². The van der Waals surface area contributed by atoms with E-state index in [2.05, 4.69) is 10.2 Å². The molecule has 0 amide bonds. The summed E-state index contributed by atoms with van der Waals surface area (Å²) in [5.41, 5.74) is 7.32. The van der Waals surface area contributed by atoms with E-state index in [0.29, 0.717) is 6.42 Å². The third-order valence-electron chi connectivity index (χ3n) is 2.73. The fourth-order valence-corrected chi connectivity index (χ4v) is 3.29. The molecule has 96 valence electrons. The Morgan fingerprint density at radius 3 is 2.72 bits per heavy atom. The molecule has 0 bridgehead atoms. The monoisotopic (exact) mass is 281 g/mol. The van der Waals surface area contributed by atoms with Gasteiger partial charge in [-0.2, -0.15) is 0 Å². The summed E-state index contributed by atoms with van der Waals surface area (Å²) in [7, 11) is 0. The first-order chi connectivity index (χ1) is 8.74. The maximum atomic E-state index is 10.5. The van der Waals surface area contributed by atoms with Crippen LogP contribution in [0, 0.1) is 0 Å². The zero-order chi connectivity index (χ0) is 12.8. The van der Waals surface area contributed by atoms with Crippen LogP contribution >= 0.6 is 23.1 Å². The first-order valence-electron chi connectivity index (χ1n) is 5.61. The summed E-state index contributed by atoms with van der Waals surface area (Å²) < 4.78 is 0.919. The summed E-state index contributed by atoms with van der Waals surface area (Å²) in [6, 6.07) is 9.56. The summed E-state index contributed by atoms with van der Waals surface area (Å²) in [5, 5.41) is 18.3. The van der Waals surface area contributed by atoms with Crippen molar-refractivity contribution in [3.8, 4) is 0 Å². The average Bonchev–Trinajstić information content (AvgIpc) is 2.93. The molecule has 4 nitrogen and oxygen atoms in total. The molecule has 0 aliphatic rings. The minimum absolute atomic E-state index is 0.216. The highest BCUT2D eigenvalue weighted by Gasteiger charge is 2.26. The zero-order valence-electron chi connectivity index (χ0n) is 9.82. The van der Waals surface area contributed by atoms with Crippen molar-refractivity contribution in [1.29, 1.82) is 0 Å². The molecule has 2 aromatic rings. The molecular formula is C12H15N3OS2. The van der Waals surface area contributed by atoms with E-state index in [4.69, 9.17) is 5.73 Å². The van der Waals surface area contributed by atoms with Crippen LogP contribution in [0.25, 0.3) is 0 Å². The van der Waals surface area contributed by atoms with Gasteiger partial charge in [0.05, 0.1) is 0 Å². The highest BCUT2D eigenvalue weighted by molar-refractivity contribution is 8.00. The number of hydrogen-bond donors (Lipinski definition) is 2. The minimum atomic E-state index is -0.959. The Bertz CT molecular complexity index is 463. The first kappa shape index (κ1) is 13.5. The normalized spacial score (nSPS) is 14.3. The van der Waals surface area contributed by atoms with E-state index in [0.717, 1.165) is 15.7 Å². The molecule has 1 heterocycles. The predicted octanol–water partition coefficient (Wildman–Crippen LogP) is 1.87. The van der Waals surface area contributed by atoms with E-state index in [1.165, 1.54) is 11.3 Å². The lowest BCUT2D eigenvalue weighted by molar-refractivity contribution is 0.0431. The lowest BCUT2D eigenvalue weighted by Gasteiger charge is -2.26. The zero-order valence-corrected chi connectivity index (χ0v) is 11.5. The SMILES string of the molecule is NCC(O)(CCSc1nncs1)c1ccccc1. The van der Waals surface area contributed by atoms with E-state index in [-0.39, 0.29) is 6.54 Å². The van der Waals surface area contributed by atoms with Crippen molar-refractivity contribution in [3.63, 3.8) is 0 Å².